The number of nitrogens with two attached hydrogens (primary N) is 1. The molecule has 0 fully saturated rings. The fourth-order valence-electron chi connectivity index (χ4n) is 2.40. The Hall–Kier alpha value is -3.28. The van der Waals surface area contributed by atoms with Crippen LogP contribution in [0.25, 0.3) is 11.1 Å². The van der Waals surface area contributed by atoms with Crippen LogP contribution < -0.4 is 10.5 Å². The molecule has 5 nitrogen and oxygen atoms in total. The van der Waals surface area contributed by atoms with Crippen LogP contribution in [0.4, 0.5) is 4.39 Å². The summed E-state index contributed by atoms with van der Waals surface area (Å²) in [6.07, 6.45) is 4.57. The molecule has 0 radical (unpaired) electrons. The van der Waals surface area contributed by atoms with Gasteiger partial charge >= 0.3 is 0 Å². The largest absolute Gasteiger partial charge is 0.484 e. The molecule has 0 bridgehead atoms. The van der Waals surface area contributed by atoms with Gasteiger partial charge in [-0.15, -0.1) is 0 Å². The summed E-state index contributed by atoms with van der Waals surface area (Å²) in [6, 6.07) is 11.2. The molecular weight excluding hydrogens is 321 g/mol. The highest BCUT2D eigenvalue weighted by Crippen LogP contribution is 2.33. The number of pyridine rings is 2. The number of benzene rings is 1. The molecule has 3 rings (SSSR count). The number of nitrogens with zero attached hydrogens (tertiary/aromatic N) is 2. The van der Waals surface area contributed by atoms with E-state index in [1.165, 1.54) is 18.3 Å². The van der Waals surface area contributed by atoms with Gasteiger partial charge in [0.2, 0.25) is 0 Å². The van der Waals surface area contributed by atoms with Crippen molar-refractivity contribution in [3.05, 3.63) is 78.1 Å². The lowest BCUT2D eigenvalue weighted by molar-refractivity contribution is 0.0995. The first-order chi connectivity index (χ1) is 12.0. The first kappa shape index (κ1) is 16.6. The zero-order valence-corrected chi connectivity index (χ0v) is 13.5. The van der Waals surface area contributed by atoms with Crippen molar-refractivity contribution in [3.8, 4) is 16.9 Å². The van der Waals surface area contributed by atoms with Crippen LogP contribution >= 0.6 is 0 Å². The predicted molar refractivity (Wildman–Crippen MR) is 91.4 cm³/mol. The third kappa shape index (κ3) is 3.80. The van der Waals surface area contributed by atoms with E-state index in [0.717, 1.165) is 5.56 Å². The zero-order chi connectivity index (χ0) is 17.8. The van der Waals surface area contributed by atoms with Crippen molar-refractivity contribution in [3.63, 3.8) is 0 Å². The summed E-state index contributed by atoms with van der Waals surface area (Å²) < 4.78 is 19.2. The maximum atomic E-state index is 13.2. The second-order valence-corrected chi connectivity index (χ2v) is 5.48. The van der Waals surface area contributed by atoms with Crippen molar-refractivity contribution in [2.24, 2.45) is 5.73 Å². The maximum Gasteiger partial charge on any atom is 0.267 e. The number of amides is 1. The molecule has 0 aliphatic heterocycles. The topological polar surface area (TPSA) is 78.1 Å². The minimum atomic E-state index is -0.643. The molecular formula is C19H16FN3O2. The lowest BCUT2D eigenvalue weighted by atomic mass is 10.0. The molecule has 1 atom stereocenters. The fourth-order valence-corrected chi connectivity index (χ4v) is 2.40. The molecule has 2 N–H and O–H groups in total. The van der Waals surface area contributed by atoms with Gasteiger partial charge < -0.3 is 10.5 Å². The van der Waals surface area contributed by atoms with Gasteiger partial charge in [-0.25, -0.2) is 9.37 Å². The SMILES string of the molecule is CC(Oc1cnc(C(N)=O)cc1-c1ccc(F)cc1)c1cccnc1. The molecule has 0 spiro atoms. The number of ether oxygens (including phenoxy) is 1. The molecule has 2 heterocycles. The van der Waals surface area contributed by atoms with E-state index in [-0.39, 0.29) is 17.6 Å². The summed E-state index contributed by atoms with van der Waals surface area (Å²) in [5.41, 5.74) is 7.63. The van der Waals surface area contributed by atoms with Gasteiger partial charge in [-0.1, -0.05) is 18.2 Å². The van der Waals surface area contributed by atoms with Gasteiger partial charge in [-0.05, 0) is 36.8 Å². The molecule has 0 aliphatic carbocycles. The fraction of sp³-hybridized carbons (Fsp3) is 0.105. The first-order valence-electron chi connectivity index (χ1n) is 7.67. The van der Waals surface area contributed by atoms with E-state index in [1.807, 2.05) is 19.1 Å². The molecule has 126 valence electrons. The van der Waals surface area contributed by atoms with Crippen LogP contribution in [0.5, 0.6) is 5.75 Å². The molecule has 3 aromatic rings. The van der Waals surface area contributed by atoms with Crippen LogP contribution in [0.15, 0.2) is 61.1 Å². The molecule has 25 heavy (non-hydrogen) atoms. The van der Waals surface area contributed by atoms with Crippen LogP contribution in [-0.2, 0) is 0 Å². The van der Waals surface area contributed by atoms with Gasteiger partial charge in [0.05, 0.1) is 6.20 Å². The Balaban J connectivity index is 2.00. The highest BCUT2D eigenvalue weighted by atomic mass is 19.1. The number of hydrogen-bond acceptors (Lipinski definition) is 4. The Bertz CT molecular complexity index is 883. The van der Waals surface area contributed by atoms with Crippen molar-refractivity contribution in [1.82, 2.24) is 9.97 Å². The lowest BCUT2D eigenvalue weighted by Crippen LogP contribution is -2.13. The third-order valence-electron chi connectivity index (χ3n) is 3.73. The van der Waals surface area contributed by atoms with Gasteiger partial charge in [-0.3, -0.25) is 9.78 Å². The summed E-state index contributed by atoms with van der Waals surface area (Å²) in [5.74, 6) is -0.526. The number of aromatic nitrogens is 2. The average Bonchev–Trinajstić information content (AvgIpc) is 2.63. The summed E-state index contributed by atoms with van der Waals surface area (Å²) >= 11 is 0. The number of hydrogen-bond donors (Lipinski definition) is 1. The summed E-state index contributed by atoms with van der Waals surface area (Å²) in [7, 11) is 0. The number of halogens is 1. The smallest absolute Gasteiger partial charge is 0.267 e. The van der Waals surface area contributed by atoms with E-state index in [2.05, 4.69) is 9.97 Å². The highest BCUT2D eigenvalue weighted by molar-refractivity contribution is 5.92. The summed E-state index contributed by atoms with van der Waals surface area (Å²) in [6.45, 7) is 1.88. The van der Waals surface area contributed by atoms with E-state index in [4.69, 9.17) is 10.5 Å². The van der Waals surface area contributed by atoms with Crippen LogP contribution in [0.2, 0.25) is 0 Å². The second-order valence-electron chi connectivity index (χ2n) is 5.48. The number of rotatable bonds is 5. The Labute approximate surface area is 144 Å². The minimum Gasteiger partial charge on any atom is -0.484 e. The Morgan fingerprint density at radius 3 is 2.60 bits per heavy atom. The zero-order valence-electron chi connectivity index (χ0n) is 13.5. The number of carbonyl (C=O) groups excluding carboxylic acids is 1. The molecule has 6 heteroatoms. The molecule has 2 aromatic heterocycles. The summed E-state index contributed by atoms with van der Waals surface area (Å²) in [4.78, 5) is 19.6. The van der Waals surface area contributed by atoms with Crippen LogP contribution in [0.3, 0.4) is 0 Å². The van der Waals surface area contributed by atoms with E-state index >= 15 is 0 Å². The molecule has 1 amide bonds. The molecule has 0 saturated carbocycles. The average molecular weight is 337 g/mol. The first-order valence-corrected chi connectivity index (χ1v) is 7.67. The standard InChI is InChI=1S/C19H16FN3O2/c1-12(14-3-2-8-22-10-14)25-18-11-23-17(19(21)24)9-16(18)13-4-6-15(20)7-5-13/h2-12H,1H3,(H2,21,24). The van der Waals surface area contributed by atoms with Gasteiger partial charge in [0.25, 0.3) is 5.91 Å². The van der Waals surface area contributed by atoms with E-state index in [1.54, 1.807) is 30.6 Å². The van der Waals surface area contributed by atoms with Crippen molar-refractivity contribution in [2.75, 3.05) is 0 Å². The van der Waals surface area contributed by atoms with E-state index in [9.17, 15) is 9.18 Å². The minimum absolute atomic E-state index is 0.112. The molecule has 0 aliphatic rings. The van der Waals surface area contributed by atoms with Gasteiger partial charge in [0.1, 0.15) is 23.4 Å². The normalized spacial score (nSPS) is 11.8. The molecule has 1 unspecified atom stereocenters. The summed E-state index contributed by atoms with van der Waals surface area (Å²) in [5, 5.41) is 0. The Morgan fingerprint density at radius 1 is 1.20 bits per heavy atom. The van der Waals surface area contributed by atoms with Crippen molar-refractivity contribution in [2.45, 2.75) is 13.0 Å². The Morgan fingerprint density at radius 2 is 1.96 bits per heavy atom. The highest BCUT2D eigenvalue weighted by Gasteiger charge is 2.15. The van der Waals surface area contributed by atoms with Crippen molar-refractivity contribution >= 4 is 5.91 Å². The van der Waals surface area contributed by atoms with Crippen LogP contribution in [0.1, 0.15) is 29.1 Å². The monoisotopic (exact) mass is 337 g/mol. The number of primary amides is 1. The molecule has 0 saturated heterocycles. The van der Waals surface area contributed by atoms with Crippen LogP contribution in [-0.4, -0.2) is 15.9 Å². The van der Waals surface area contributed by atoms with Gasteiger partial charge in [-0.2, -0.15) is 0 Å². The van der Waals surface area contributed by atoms with E-state index in [0.29, 0.717) is 16.9 Å². The van der Waals surface area contributed by atoms with E-state index < -0.39 is 5.91 Å². The second kappa shape index (κ2) is 7.09. The lowest BCUT2D eigenvalue weighted by Gasteiger charge is -2.18. The van der Waals surface area contributed by atoms with Crippen LogP contribution in [0, 0.1) is 5.82 Å². The van der Waals surface area contributed by atoms with Crippen molar-refractivity contribution in [1.29, 1.82) is 0 Å². The van der Waals surface area contributed by atoms with Gasteiger partial charge in [0, 0.05) is 23.5 Å². The molecule has 1 aromatic carbocycles. The Kier molecular flexibility index (Phi) is 4.70. The van der Waals surface area contributed by atoms with Crippen molar-refractivity contribution < 1.29 is 13.9 Å². The van der Waals surface area contributed by atoms with Gasteiger partial charge in [0.15, 0.2) is 0 Å². The number of carbonyl (C=O) groups is 1. The third-order valence-corrected chi connectivity index (χ3v) is 3.73. The maximum absolute atomic E-state index is 13.2. The quantitative estimate of drug-likeness (QED) is 0.772. The predicted octanol–water partition coefficient (Wildman–Crippen LogP) is 3.52.